The molecule has 0 bridgehead atoms. The number of amides is 1. The number of carbonyl (C=O) groups is 1. The van der Waals surface area contributed by atoms with Gasteiger partial charge in [0.1, 0.15) is 0 Å². The number of benzene rings is 2. The Morgan fingerprint density at radius 2 is 1.95 bits per heavy atom. The van der Waals surface area contributed by atoms with Crippen LogP contribution in [0.1, 0.15) is 33.8 Å². The number of rotatable bonds is 2. The maximum atomic E-state index is 12.6. The van der Waals surface area contributed by atoms with E-state index in [4.69, 9.17) is 5.73 Å². The molecule has 108 valence electrons. The minimum Gasteiger partial charge on any atom is -0.398 e. The number of aryl methyl sites for hydroxylation is 1. The van der Waals surface area contributed by atoms with E-state index in [0.717, 1.165) is 25.1 Å². The minimum absolute atomic E-state index is 0.0835. The number of nitrogens with zero attached hydrogens (tertiary/aromatic N) is 1. The lowest BCUT2D eigenvalue weighted by molar-refractivity contribution is 0.0791. The zero-order chi connectivity index (χ0) is 14.8. The summed E-state index contributed by atoms with van der Waals surface area (Å²) in [5.74, 6) is 0.526. The molecule has 0 aromatic heterocycles. The molecular formula is C18H20N2O. The molecule has 1 fully saturated rings. The molecule has 2 aromatic rings. The van der Waals surface area contributed by atoms with Crippen molar-refractivity contribution in [2.75, 3.05) is 18.8 Å². The van der Waals surface area contributed by atoms with Crippen molar-refractivity contribution in [2.45, 2.75) is 19.3 Å². The van der Waals surface area contributed by atoms with E-state index in [0.29, 0.717) is 17.2 Å². The van der Waals surface area contributed by atoms with Gasteiger partial charge in [-0.2, -0.15) is 0 Å². The lowest BCUT2D eigenvalue weighted by Crippen LogP contribution is -2.28. The van der Waals surface area contributed by atoms with Gasteiger partial charge >= 0.3 is 0 Å². The number of anilines is 1. The van der Waals surface area contributed by atoms with Gasteiger partial charge in [0.05, 0.1) is 0 Å². The van der Waals surface area contributed by atoms with E-state index in [1.807, 2.05) is 30.0 Å². The van der Waals surface area contributed by atoms with Gasteiger partial charge in [-0.05, 0) is 36.6 Å². The second-order valence-corrected chi connectivity index (χ2v) is 5.72. The molecule has 2 N–H and O–H groups in total. The smallest absolute Gasteiger partial charge is 0.253 e. The number of nitrogen functional groups attached to an aromatic ring is 1. The summed E-state index contributed by atoms with van der Waals surface area (Å²) < 4.78 is 0. The number of hydrogen-bond donors (Lipinski definition) is 1. The topological polar surface area (TPSA) is 46.3 Å². The van der Waals surface area contributed by atoms with Gasteiger partial charge in [0.25, 0.3) is 5.91 Å². The number of nitrogens with two attached hydrogens (primary N) is 1. The van der Waals surface area contributed by atoms with Crippen LogP contribution in [0.4, 0.5) is 5.69 Å². The summed E-state index contributed by atoms with van der Waals surface area (Å²) in [6.07, 6.45) is 1.02. The standard InChI is InChI=1S/C18H20N2O/c1-13-7-8-15(11-17(13)19)18(21)20-10-9-16(12-20)14-5-3-2-4-6-14/h2-8,11,16H,9-10,12,19H2,1H3. The van der Waals surface area contributed by atoms with Crippen molar-refractivity contribution in [3.8, 4) is 0 Å². The van der Waals surface area contributed by atoms with Gasteiger partial charge in [0.2, 0.25) is 0 Å². The molecule has 1 aliphatic rings. The molecule has 3 heteroatoms. The Balaban J connectivity index is 1.74. The van der Waals surface area contributed by atoms with E-state index in [2.05, 4.69) is 24.3 Å². The van der Waals surface area contributed by atoms with Crippen molar-refractivity contribution < 1.29 is 4.79 Å². The quantitative estimate of drug-likeness (QED) is 0.859. The van der Waals surface area contributed by atoms with E-state index in [-0.39, 0.29) is 5.91 Å². The van der Waals surface area contributed by atoms with E-state index < -0.39 is 0 Å². The molecular weight excluding hydrogens is 260 g/mol. The first kappa shape index (κ1) is 13.7. The average molecular weight is 280 g/mol. The van der Waals surface area contributed by atoms with Gasteiger partial charge in [-0.15, -0.1) is 0 Å². The number of hydrogen-bond acceptors (Lipinski definition) is 2. The van der Waals surface area contributed by atoms with E-state index in [1.165, 1.54) is 5.56 Å². The van der Waals surface area contributed by atoms with Crippen molar-refractivity contribution in [2.24, 2.45) is 0 Å². The SMILES string of the molecule is Cc1ccc(C(=O)N2CCC(c3ccccc3)C2)cc1N. The van der Waals surface area contributed by atoms with Crippen LogP contribution in [0.2, 0.25) is 0 Å². The lowest BCUT2D eigenvalue weighted by Gasteiger charge is -2.17. The monoisotopic (exact) mass is 280 g/mol. The minimum atomic E-state index is 0.0835. The Morgan fingerprint density at radius 1 is 1.19 bits per heavy atom. The summed E-state index contributed by atoms with van der Waals surface area (Å²) in [5, 5.41) is 0. The molecule has 0 spiro atoms. The van der Waals surface area contributed by atoms with Crippen molar-refractivity contribution >= 4 is 11.6 Å². The maximum absolute atomic E-state index is 12.6. The summed E-state index contributed by atoms with van der Waals surface area (Å²) in [6, 6.07) is 16.0. The molecule has 3 rings (SSSR count). The van der Waals surface area contributed by atoms with Crippen molar-refractivity contribution in [3.05, 3.63) is 65.2 Å². The Bertz CT molecular complexity index is 652. The number of carbonyl (C=O) groups excluding carboxylic acids is 1. The molecule has 1 heterocycles. The normalized spacial score (nSPS) is 18.0. The third-order valence-corrected chi connectivity index (χ3v) is 4.27. The first-order valence-electron chi connectivity index (χ1n) is 7.35. The summed E-state index contributed by atoms with van der Waals surface area (Å²) in [4.78, 5) is 14.5. The van der Waals surface area contributed by atoms with Crippen LogP contribution in [-0.2, 0) is 0 Å². The Hall–Kier alpha value is -2.29. The van der Waals surface area contributed by atoms with Crippen LogP contribution in [0.25, 0.3) is 0 Å². The van der Waals surface area contributed by atoms with E-state index in [9.17, 15) is 4.79 Å². The highest BCUT2D eigenvalue weighted by Gasteiger charge is 2.27. The molecule has 0 saturated carbocycles. The first-order valence-corrected chi connectivity index (χ1v) is 7.35. The summed E-state index contributed by atoms with van der Waals surface area (Å²) >= 11 is 0. The highest BCUT2D eigenvalue weighted by molar-refractivity contribution is 5.95. The van der Waals surface area contributed by atoms with Crippen LogP contribution < -0.4 is 5.73 Å². The predicted octanol–water partition coefficient (Wildman–Crippen LogP) is 3.21. The first-order chi connectivity index (χ1) is 10.1. The van der Waals surface area contributed by atoms with Crippen molar-refractivity contribution in [3.63, 3.8) is 0 Å². The summed E-state index contributed by atoms with van der Waals surface area (Å²) in [5.41, 5.74) is 9.60. The van der Waals surface area contributed by atoms with Gasteiger partial charge in [-0.3, -0.25) is 4.79 Å². The van der Waals surface area contributed by atoms with E-state index >= 15 is 0 Å². The van der Waals surface area contributed by atoms with Crippen LogP contribution in [0.3, 0.4) is 0 Å². The second kappa shape index (κ2) is 5.60. The maximum Gasteiger partial charge on any atom is 0.253 e. The van der Waals surface area contributed by atoms with Crippen LogP contribution in [0.15, 0.2) is 48.5 Å². The summed E-state index contributed by atoms with van der Waals surface area (Å²) in [7, 11) is 0. The molecule has 1 saturated heterocycles. The molecule has 2 aromatic carbocycles. The van der Waals surface area contributed by atoms with Crippen LogP contribution in [-0.4, -0.2) is 23.9 Å². The van der Waals surface area contributed by atoms with Crippen LogP contribution in [0, 0.1) is 6.92 Å². The molecule has 1 amide bonds. The van der Waals surface area contributed by atoms with Crippen LogP contribution >= 0.6 is 0 Å². The fraction of sp³-hybridized carbons (Fsp3) is 0.278. The fourth-order valence-electron chi connectivity index (χ4n) is 2.90. The molecule has 1 atom stereocenters. The van der Waals surface area contributed by atoms with Crippen molar-refractivity contribution in [1.82, 2.24) is 4.90 Å². The molecule has 0 aliphatic carbocycles. The third-order valence-electron chi connectivity index (χ3n) is 4.27. The zero-order valence-electron chi connectivity index (χ0n) is 12.3. The van der Waals surface area contributed by atoms with Gasteiger partial charge < -0.3 is 10.6 Å². The molecule has 21 heavy (non-hydrogen) atoms. The van der Waals surface area contributed by atoms with E-state index in [1.54, 1.807) is 6.07 Å². The third kappa shape index (κ3) is 2.77. The average Bonchev–Trinajstić information content (AvgIpc) is 3.00. The lowest BCUT2D eigenvalue weighted by atomic mass is 9.99. The molecule has 3 nitrogen and oxygen atoms in total. The largest absolute Gasteiger partial charge is 0.398 e. The Labute approximate surface area is 125 Å². The second-order valence-electron chi connectivity index (χ2n) is 5.72. The zero-order valence-corrected chi connectivity index (χ0v) is 12.3. The van der Waals surface area contributed by atoms with Gasteiger partial charge in [-0.1, -0.05) is 36.4 Å². The van der Waals surface area contributed by atoms with Crippen LogP contribution in [0.5, 0.6) is 0 Å². The predicted molar refractivity (Wildman–Crippen MR) is 85.3 cm³/mol. The van der Waals surface area contributed by atoms with Crippen molar-refractivity contribution in [1.29, 1.82) is 0 Å². The molecule has 1 unspecified atom stereocenters. The molecule has 0 radical (unpaired) electrons. The van der Waals surface area contributed by atoms with Gasteiger partial charge in [0.15, 0.2) is 0 Å². The Morgan fingerprint density at radius 3 is 2.67 bits per heavy atom. The fourth-order valence-corrected chi connectivity index (χ4v) is 2.90. The highest BCUT2D eigenvalue weighted by atomic mass is 16.2. The highest BCUT2D eigenvalue weighted by Crippen LogP contribution is 2.28. The van der Waals surface area contributed by atoms with Gasteiger partial charge in [-0.25, -0.2) is 0 Å². The molecule has 1 aliphatic heterocycles. The Kier molecular flexibility index (Phi) is 3.65. The number of likely N-dealkylation sites (tertiary alicyclic amines) is 1. The van der Waals surface area contributed by atoms with Gasteiger partial charge in [0, 0.05) is 30.3 Å². The summed E-state index contributed by atoms with van der Waals surface area (Å²) in [6.45, 7) is 3.55.